The monoisotopic (exact) mass is 465 g/mol. The summed E-state index contributed by atoms with van der Waals surface area (Å²) in [5.41, 5.74) is -0.347. The summed E-state index contributed by atoms with van der Waals surface area (Å²) in [6.45, 7) is 0.909. The molecule has 4 rings (SSSR count). The highest BCUT2D eigenvalue weighted by Crippen LogP contribution is 2.31. The first-order valence-electron chi connectivity index (χ1n) is 9.84. The fraction of sp³-hybridized carbons (Fsp3) is 0.333. The Balaban J connectivity index is 1.46. The molecule has 0 radical (unpaired) electrons. The molecule has 2 aromatic rings. The lowest BCUT2D eigenvalue weighted by Gasteiger charge is -2.26. The predicted octanol–water partition coefficient (Wildman–Crippen LogP) is 1.66. The van der Waals surface area contributed by atoms with E-state index in [2.05, 4.69) is 0 Å². The van der Waals surface area contributed by atoms with Crippen LogP contribution in [0.25, 0.3) is 0 Å². The molecule has 0 N–H and O–H groups in total. The number of Topliss-reactive ketones (excluding diaryl/α,β-unsaturated/α-hetero) is 1. The van der Waals surface area contributed by atoms with Gasteiger partial charge in [-0.15, -0.1) is 0 Å². The number of carbonyl (C=O) groups excluding carboxylic acids is 2. The molecule has 170 valence electrons. The van der Waals surface area contributed by atoms with Crippen molar-refractivity contribution >= 4 is 21.8 Å². The standard InChI is InChI=1S/C21H20FNO8S/c22-17-3-2-15(32(26,27)23-5-7-28-8-6-23)12-16(17)21(25)31-13-18(24)14-1-4-19-20(11-14)30-10-9-29-19/h1-4,11-12H,5-10,13H2. The summed E-state index contributed by atoms with van der Waals surface area (Å²) in [5.74, 6) is -1.73. The topological polar surface area (TPSA) is 108 Å². The lowest BCUT2D eigenvalue weighted by atomic mass is 10.1. The second kappa shape index (κ2) is 9.23. The molecule has 11 heteroatoms. The summed E-state index contributed by atoms with van der Waals surface area (Å²) < 4.78 is 61.9. The zero-order valence-electron chi connectivity index (χ0n) is 16.9. The normalized spacial score (nSPS) is 16.4. The molecule has 2 aromatic carbocycles. The number of morpholine rings is 1. The van der Waals surface area contributed by atoms with Gasteiger partial charge in [-0.25, -0.2) is 17.6 Å². The van der Waals surface area contributed by atoms with Gasteiger partial charge >= 0.3 is 5.97 Å². The number of ketones is 1. The van der Waals surface area contributed by atoms with Gasteiger partial charge in [-0.3, -0.25) is 4.79 Å². The summed E-state index contributed by atoms with van der Waals surface area (Å²) in [6, 6.07) is 7.42. The van der Waals surface area contributed by atoms with E-state index in [0.717, 1.165) is 18.2 Å². The Labute approximate surface area is 183 Å². The van der Waals surface area contributed by atoms with Crippen LogP contribution in [0.15, 0.2) is 41.3 Å². The minimum Gasteiger partial charge on any atom is -0.486 e. The van der Waals surface area contributed by atoms with Crippen LogP contribution in [0, 0.1) is 5.82 Å². The Morgan fingerprint density at radius 3 is 2.44 bits per heavy atom. The zero-order chi connectivity index (χ0) is 22.7. The van der Waals surface area contributed by atoms with Crippen molar-refractivity contribution in [3.8, 4) is 11.5 Å². The number of nitrogens with zero attached hydrogens (tertiary/aromatic N) is 1. The number of rotatable bonds is 6. The Morgan fingerprint density at radius 1 is 0.969 bits per heavy atom. The van der Waals surface area contributed by atoms with Gasteiger partial charge in [0.2, 0.25) is 10.0 Å². The number of esters is 1. The van der Waals surface area contributed by atoms with Gasteiger partial charge < -0.3 is 18.9 Å². The minimum absolute atomic E-state index is 0.156. The molecular formula is C21H20FNO8S. The third kappa shape index (κ3) is 4.59. The van der Waals surface area contributed by atoms with Crippen molar-refractivity contribution in [1.29, 1.82) is 0 Å². The number of ether oxygens (including phenoxy) is 4. The Kier molecular flexibility index (Phi) is 6.40. The molecule has 0 unspecified atom stereocenters. The van der Waals surface area contributed by atoms with Crippen LogP contribution in [-0.2, 0) is 19.5 Å². The second-order valence-electron chi connectivity index (χ2n) is 7.02. The molecule has 1 saturated heterocycles. The van der Waals surface area contributed by atoms with Crippen molar-refractivity contribution in [3.05, 3.63) is 53.3 Å². The van der Waals surface area contributed by atoms with Crippen LogP contribution in [0.4, 0.5) is 4.39 Å². The van der Waals surface area contributed by atoms with Crippen molar-refractivity contribution in [3.63, 3.8) is 0 Å². The van der Waals surface area contributed by atoms with E-state index in [1.54, 1.807) is 6.07 Å². The predicted molar refractivity (Wildman–Crippen MR) is 108 cm³/mol. The maximum absolute atomic E-state index is 14.2. The number of halogens is 1. The van der Waals surface area contributed by atoms with Gasteiger partial charge in [0.25, 0.3) is 0 Å². The Bertz CT molecular complexity index is 1140. The van der Waals surface area contributed by atoms with Crippen LogP contribution in [-0.4, -0.2) is 70.6 Å². The largest absolute Gasteiger partial charge is 0.486 e. The molecule has 0 aromatic heterocycles. The number of fused-ring (bicyclic) bond motifs is 1. The lowest BCUT2D eigenvalue weighted by molar-refractivity contribution is 0.0469. The Morgan fingerprint density at radius 2 is 1.69 bits per heavy atom. The van der Waals surface area contributed by atoms with Crippen molar-refractivity contribution in [2.75, 3.05) is 46.1 Å². The number of hydrogen-bond donors (Lipinski definition) is 0. The lowest BCUT2D eigenvalue weighted by Crippen LogP contribution is -2.40. The van der Waals surface area contributed by atoms with E-state index in [-0.39, 0.29) is 36.8 Å². The minimum atomic E-state index is -3.93. The molecule has 0 saturated carbocycles. The number of hydrogen-bond acceptors (Lipinski definition) is 8. The third-order valence-electron chi connectivity index (χ3n) is 4.96. The average molecular weight is 465 g/mol. The third-order valence-corrected chi connectivity index (χ3v) is 6.86. The maximum atomic E-state index is 14.2. The summed E-state index contributed by atoms with van der Waals surface area (Å²) in [4.78, 5) is 24.6. The molecule has 0 amide bonds. The smallest absolute Gasteiger partial charge is 0.341 e. The molecule has 0 spiro atoms. The number of benzene rings is 2. The van der Waals surface area contributed by atoms with Gasteiger partial charge in [-0.2, -0.15) is 4.31 Å². The van der Waals surface area contributed by atoms with Crippen LogP contribution >= 0.6 is 0 Å². The highest BCUT2D eigenvalue weighted by molar-refractivity contribution is 7.89. The van der Waals surface area contributed by atoms with Crippen LogP contribution in [0.5, 0.6) is 11.5 Å². The molecule has 2 heterocycles. The second-order valence-corrected chi connectivity index (χ2v) is 8.95. The van der Waals surface area contributed by atoms with Crippen molar-refractivity contribution in [1.82, 2.24) is 4.31 Å². The maximum Gasteiger partial charge on any atom is 0.341 e. The van der Waals surface area contributed by atoms with E-state index in [0.29, 0.717) is 24.7 Å². The number of sulfonamides is 1. The quantitative estimate of drug-likeness (QED) is 0.468. The molecule has 2 aliphatic heterocycles. The number of carbonyl (C=O) groups is 2. The first-order chi connectivity index (χ1) is 15.4. The SMILES string of the molecule is O=C(COC(=O)c1cc(S(=O)(=O)N2CCOCC2)ccc1F)c1ccc2c(c1)OCCO2. The van der Waals surface area contributed by atoms with E-state index in [9.17, 15) is 22.4 Å². The van der Waals surface area contributed by atoms with Crippen LogP contribution in [0.3, 0.4) is 0 Å². The Hall–Kier alpha value is -3.02. The molecule has 2 aliphatic rings. The van der Waals surface area contributed by atoms with Gasteiger partial charge in [0.1, 0.15) is 19.0 Å². The molecule has 0 aliphatic carbocycles. The zero-order valence-corrected chi connectivity index (χ0v) is 17.7. The van der Waals surface area contributed by atoms with Crippen LogP contribution in [0.1, 0.15) is 20.7 Å². The fourth-order valence-electron chi connectivity index (χ4n) is 3.27. The molecule has 32 heavy (non-hydrogen) atoms. The first-order valence-corrected chi connectivity index (χ1v) is 11.3. The highest BCUT2D eigenvalue weighted by Gasteiger charge is 2.28. The van der Waals surface area contributed by atoms with E-state index in [1.165, 1.54) is 16.4 Å². The molecule has 1 fully saturated rings. The van der Waals surface area contributed by atoms with E-state index < -0.39 is 39.8 Å². The van der Waals surface area contributed by atoms with E-state index in [4.69, 9.17) is 18.9 Å². The fourth-order valence-corrected chi connectivity index (χ4v) is 4.70. The van der Waals surface area contributed by atoms with Crippen molar-refractivity contribution < 1.29 is 41.3 Å². The van der Waals surface area contributed by atoms with Crippen LogP contribution in [0.2, 0.25) is 0 Å². The van der Waals surface area contributed by atoms with Crippen molar-refractivity contribution in [2.24, 2.45) is 0 Å². The summed E-state index contributed by atoms with van der Waals surface area (Å²) in [6.07, 6.45) is 0. The van der Waals surface area contributed by atoms with Gasteiger partial charge in [0.15, 0.2) is 23.9 Å². The summed E-state index contributed by atoms with van der Waals surface area (Å²) in [7, 11) is -3.93. The average Bonchev–Trinajstić information content (AvgIpc) is 2.82. The van der Waals surface area contributed by atoms with E-state index in [1.807, 2.05) is 0 Å². The van der Waals surface area contributed by atoms with Crippen molar-refractivity contribution in [2.45, 2.75) is 4.90 Å². The molecular weight excluding hydrogens is 445 g/mol. The van der Waals surface area contributed by atoms with Crippen LogP contribution < -0.4 is 9.47 Å². The van der Waals surface area contributed by atoms with Gasteiger partial charge in [0, 0.05) is 18.7 Å². The highest BCUT2D eigenvalue weighted by atomic mass is 32.2. The van der Waals surface area contributed by atoms with Gasteiger partial charge in [-0.05, 0) is 36.4 Å². The van der Waals surface area contributed by atoms with Gasteiger partial charge in [-0.1, -0.05) is 0 Å². The molecule has 9 nitrogen and oxygen atoms in total. The summed E-state index contributed by atoms with van der Waals surface area (Å²) in [5, 5.41) is 0. The van der Waals surface area contributed by atoms with Gasteiger partial charge in [0.05, 0.1) is 23.7 Å². The van der Waals surface area contributed by atoms with E-state index >= 15 is 0 Å². The molecule has 0 atom stereocenters. The molecule has 0 bridgehead atoms. The summed E-state index contributed by atoms with van der Waals surface area (Å²) >= 11 is 0. The first kappa shape index (κ1) is 22.2.